The van der Waals surface area contributed by atoms with Crippen LogP contribution in [0.4, 0.5) is 4.39 Å². The van der Waals surface area contributed by atoms with Crippen LogP contribution in [0.2, 0.25) is 0 Å². The average molecular weight is 270 g/mol. The van der Waals surface area contributed by atoms with Gasteiger partial charge in [-0.05, 0) is 37.0 Å². The van der Waals surface area contributed by atoms with E-state index in [1.165, 1.54) is 18.9 Å². The summed E-state index contributed by atoms with van der Waals surface area (Å²) in [6.45, 7) is 1.60. The lowest BCUT2D eigenvalue weighted by Gasteiger charge is -2.14. The molecule has 1 aromatic rings. The minimum atomic E-state index is -0.194. The number of halogens is 2. The SMILES string of the molecule is Fc1ccc2c(c1)CC(CNCC(Cl)C1CC1)O2. The summed E-state index contributed by atoms with van der Waals surface area (Å²) in [4.78, 5) is 0. The molecule has 4 heteroatoms. The van der Waals surface area contributed by atoms with Crippen molar-refractivity contribution in [3.8, 4) is 5.75 Å². The topological polar surface area (TPSA) is 21.3 Å². The van der Waals surface area contributed by atoms with E-state index in [9.17, 15) is 4.39 Å². The third kappa shape index (κ3) is 2.78. The summed E-state index contributed by atoms with van der Waals surface area (Å²) in [6, 6.07) is 4.71. The lowest BCUT2D eigenvalue weighted by Crippen LogP contribution is -2.34. The number of ether oxygens (including phenoxy) is 1. The maximum Gasteiger partial charge on any atom is 0.123 e. The Bertz CT molecular complexity index is 436. The lowest BCUT2D eigenvalue weighted by molar-refractivity contribution is 0.227. The first-order valence-corrected chi connectivity index (χ1v) is 6.96. The first-order valence-electron chi connectivity index (χ1n) is 6.52. The molecule has 3 rings (SSSR count). The summed E-state index contributed by atoms with van der Waals surface area (Å²) >= 11 is 6.22. The standard InChI is InChI=1S/C14H17ClFNO/c15-13(9-1-2-9)8-17-7-12-6-10-5-11(16)3-4-14(10)18-12/h3-5,9,12-13,17H,1-2,6-8H2. The smallest absolute Gasteiger partial charge is 0.123 e. The normalized spacial score (nSPS) is 23.6. The van der Waals surface area contributed by atoms with Crippen LogP contribution in [-0.2, 0) is 6.42 Å². The highest BCUT2D eigenvalue weighted by molar-refractivity contribution is 6.21. The third-order valence-electron chi connectivity index (χ3n) is 3.61. The number of rotatable bonds is 5. The highest BCUT2D eigenvalue weighted by Gasteiger charge is 2.30. The molecule has 2 atom stereocenters. The first-order chi connectivity index (χ1) is 8.72. The Morgan fingerprint density at radius 1 is 1.44 bits per heavy atom. The predicted molar refractivity (Wildman–Crippen MR) is 69.8 cm³/mol. The minimum absolute atomic E-state index is 0.102. The molecule has 0 radical (unpaired) electrons. The van der Waals surface area contributed by atoms with Gasteiger partial charge in [-0.1, -0.05) is 0 Å². The van der Waals surface area contributed by atoms with Crippen molar-refractivity contribution in [1.29, 1.82) is 0 Å². The summed E-state index contributed by atoms with van der Waals surface area (Å²) < 4.78 is 18.8. The van der Waals surface area contributed by atoms with Crippen molar-refractivity contribution in [3.63, 3.8) is 0 Å². The maximum absolute atomic E-state index is 13.1. The largest absolute Gasteiger partial charge is 0.488 e. The summed E-state index contributed by atoms with van der Waals surface area (Å²) in [7, 11) is 0. The third-order valence-corrected chi connectivity index (χ3v) is 4.12. The second-order valence-electron chi connectivity index (χ2n) is 5.21. The first kappa shape index (κ1) is 12.2. The van der Waals surface area contributed by atoms with Gasteiger partial charge < -0.3 is 10.1 Å². The summed E-state index contributed by atoms with van der Waals surface area (Å²) in [5, 5.41) is 3.59. The van der Waals surface area contributed by atoms with Crippen LogP contribution >= 0.6 is 11.6 Å². The Labute approximate surface area is 111 Å². The van der Waals surface area contributed by atoms with Gasteiger partial charge in [0, 0.05) is 30.5 Å². The molecule has 2 nitrogen and oxygen atoms in total. The second-order valence-corrected chi connectivity index (χ2v) is 5.77. The van der Waals surface area contributed by atoms with Gasteiger partial charge in [0.1, 0.15) is 17.7 Å². The Morgan fingerprint density at radius 3 is 3.06 bits per heavy atom. The molecule has 1 aromatic carbocycles. The van der Waals surface area contributed by atoms with Crippen LogP contribution in [0, 0.1) is 11.7 Å². The van der Waals surface area contributed by atoms with Crippen molar-refractivity contribution < 1.29 is 9.13 Å². The molecule has 0 spiro atoms. The van der Waals surface area contributed by atoms with Gasteiger partial charge in [-0.15, -0.1) is 11.6 Å². The molecule has 1 aliphatic heterocycles. The molecule has 1 fully saturated rings. The van der Waals surface area contributed by atoms with E-state index < -0.39 is 0 Å². The quantitative estimate of drug-likeness (QED) is 0.830. The molecule has 0 saturated heterocycles. The molecule has 18 heavy (non-hydrogen) atoms. The number of hydrogen-bond donors (Lipinski definition) is 1. The number of hydrogen-bond acceptors (Lipinski definition) is 2. The van der Waals surface area contributed by atoms with E-state index in [-0.39, 0.29) is 17.3 Å². The van der Waals surface area contributed by atoms with Crippen LogP contribution in [0.25, 0.3) is 0 Å². The Balaban J connectivity index is 1.45. The lowest BCUT2D eigenvalue weighted by atomic mass is 10.1. The van der Waals surface area contributed by atoms with Crippen LogP contribution in [-0.4, -0.2) is 24.6 Å². The van der Waals surface area contributed by atoms with Crippen molar-refractivity contribution in [1.82, 2.24) is 5.32 Å². The van der Waals surface area contributed by atoms with Crippen LogP contribution in [0.3, 0.4) is 0 Å². The summed E-state index contributed by atoms with van der Waals surface area (Å²) in [5.41, 5.74) is 0.964. The van der Waals surface area contributed by atoms with Crippen LogP contribution in [0.1, 0.15) is 18.4 Å². The Hall–Kier alpha value is -0.800. The zero-order chi connectivity index (χ0) is 12.5. The zero-order valence-electron chi connectivity index (χ0n) is 10.2. The van der Waals surface area contributed by atoms with Gasteiger partial charge in [0.2, 0.25) is 0 Å². The zero-order valence-corrected chi connectivity index (χ0v) is 10.9. The number of benzene rings is 1. The van der Waals surface area contributed by atoms with E-state index in [1.807, 2.05) is 0 Å². The van der Waals surface area contributed by atoms with Crippen molar-refractivity contribution >= 4 is 11.6 Å². The van der Waals surface area contributed by atoms with E-state index in [2.05, 4.69) is 5.32 Å². The molecule has 1 heterocycles. The van der Waals surface area contributed by atoms with E-state index in [0.717, 1.165) is 30.8 Å². The van der Waals surface area contributed by atoms with Gasteiger partial charge in [0.05, 0.1) is 0 Å². The molecule has 0 aromatic heterocycles. The van der Waals surface area contributed by atoms with Crippen molar-refractivity contribution in [2.24, 2.45) is 5.92 Å². The molecule has 98 valence electrons. The number of fused-ring (bicyclic) bond motifs is 1. The molecular formula is C14H17ClFNO. The molecular weight excluding hydrogens is 253 g/mol. The highest BCUT2D eigenvalue weighted by atomic mass is 35.5. The van der Waals surface area contributed by atoms with E-state index >= 15 is 0 Å². The van der Waals surface area contributed by atoms with Crippen molar-refractivity contribution in [3.05, 3.63) is 29.6 Å². The molecule has 1 saturated carbocycles. The molecule has 1 N–H and O–H groups in total. The van der Waals surface area contributed by atoms with Gasteiger partial charge >= 0.3 is 0 Å². The van der Waals surface area contributed by atoms with E-state index in [1.54, 1.807) is 12.1 Å². The van der Waals surface area contributed by atoms with Crippen LogP contribution < -0.4 is 10.1 Å². The van der Waals surface area contributed by atoms with Crippen LogP contribution in [0.5, 0.6) is 5.75 Å². The molecule has 2 unspecified atom stereocenters. The Kier molecular flexibility index (Phi) is 3.44. The number of nitrogens with one attached hydrogen (secondary N) is 1. The fourth-order valence-electron chi connectivity index (χ4n) is 2.41. The molecule has 0 amide bonds. The highest BCUT2D eigenvalue weighted by Crippen LogP contribution is 2.35. The molecule has 1 aliphatic carbocycles. The van der Waals surface area contributed by atoms with Gasteiger partial charge in [0.15, 0.2) is 0 Å². The average Bonchev–Trinajstić information content (AvgIpc) is 3.11. The van der Waals surface area contributed by atoms with Gasteiger partial charge in [-0.2, -0.15) is 0 Å². The monoisotopic (exact) mass is 269 g/mol. The van der Waals surface area contributed by atoms with Crippen LogP contribution in [0.15, 0.2) is 18.2 Å². The second kappa shape index (κ2) is 5.06. The van der Waals surface area contributed by atoms with Crippen molar-refractivity contribution in [2.75, 3.05) is 13.1 Å². The predicted octanol–water partition coefficient (Wildman–Crippen LogP) is 2.74. The van der Waals surface area contributed by atoms with Gasteiger partial charge in [-0.3, -0.25) is 0 Å². The molecule has 0 bridgehead atoms. The molecule has 2 aliphatic rings. The van der Waals surface area contributed by atoms with Gasteiger partial charge in [-0.25, -0.2) is 4.39 Å². The number of alkyl halides is 1. The summed E-state index contributed by atoms with van der Waals surface area (Å²) in [5.74, 6) is 1.32. The van der Waals surface area contributed by atoms with E-state index in [4.69, 9.17) is 16.3 Å². The minimum Gasteiger partial charge on any atom is -0.488 e. The van der Waals surface area contributed by atoms with Crippen molar-refractivity contribution in [2.45, 2.75) is 30.7 Å². The fraction of sp³-hybridized carbons (Fsp3) is 0.571. The van der Waals surface area contributed by atoms with E-state index in [0.29, 0.717) is 5.92 Å². The fourth-order valence-corrected chi connectivity index (χ4v) is 2.77. The van der Waals surface area contributed by atoms with Gasteiger partial charge in [0.25, 0.3) is 0 Å². The Morgan fingerprint density at radius 2 is 2.28 bits per heavy atom. The maximum atomic E-state index is 13.1. The summed E-state index contributed by atoms with van der Waals surface area (Å²) in [6.07, 6.45) is 3.40.